The Kier molecular flexibility index (Phi) is 9.62. The monoisotopic (exact) mass is 883 g/mol. The number of rotatable bonds is 8. The lowest BCUT2D eigenvalue weighted by molar-refractivity contribution is 0.866. The fraction of sp³-hybridized carbons (Fsp3) is 0.0469. The summed E-state index contributed by atoms with van der Waals surface area (Å²) in [7, 11) is 0. The van der Waals surface area contributed by atoms with Crippen molar-refractivity contribution < 1.29 is 0 Å². The Morgan fingerprint density at radius 1 is 0.333 bits per heavy atom. The van der Waals surface area contributed by atoms with Gasteiger partial charge >= 0.3 is 0 Å². The van der Waals surface area contributed by atoms with Crippen LogP contribution in [0, 0.1) is 0 Å². The summed E-state index contributed by atoms with van der Waals surface area (Å²) in [5, 5.41) is 4.90. The molecule has 0 saturated heterocycles. The Labute approximate surface area is 400 Å². The third-order valence-corrected chi connectivity index (χ3v) is 13.8. The minimum atomic E-state index is 0.474. The first-order valence-electron chi connectivity index (χ1n) is 23.7. The van der Waals surface area contributed by atoms with E-state index in [-0.39, 0.29) is 0 Å². The number of hydrogen-bond donors (Lipinski definition) is 0. The summed E-state index contributed by atoms with van der Waals surface area (Å²) in [6.07, 6.45) is 1.98. The molecular weight excluding hydrogens is 839 g/mol. The van der Waals surface area contributed by atoms with Crippen molar-refractivity contribution in [2.75, 3.05) is 0 Å². The van der Waals surface area contributed by atoms with Gasteiger partial charge in [0.15, 0.2) is 0 Å². The van der Waals surface area contributed by atoms with E-state index < -0.39 is 0 Å². The van der Waals surface area contributed by atoms with Crippen molar-refractivity contribution in [3.05, 3.63) is 236 Å². The summed E-state index contributed by atoms with van der Waals surface area (Å²) < 4.78 is 4.81. The highest BCUT2D eigenvalue weighted by Crippen LogP contribution is 2.41. The quantitative estimate of drug-likeness (QED) is 0.153. The summed E-state index contributed by atoms with van der Waals surface area (Å²) in [6, 6.07) is 80.2. The summed E-state index contributed by atoms with van der Waals surface area (Å²) >= 11 is 0. The molecule has 0 spiro atoms. The van der Waals surface area contributed by atoms with Crippen molar-refractivity contribution in [2.24, 2.45) is 0 Å². The largest absolute Gasteiger partial charge is 0.309 e. The number of hydrogen-bond acceptors (Lipinski definition) is 3. The second-order valence-corrected chi connectivity index (χ2v) is 18.2. The van der Waals surface area contributed by atoms with E-state index in [9.17, 15) is 0 Å². The van der Waals surface area contributed by atoms with Crippen LogP contribution in [0.25, 0.3) is 122 Å². The van der Waals surface area contributed by atoms with E-state index in [0.29, 0.717) is 5.92 Å². The molecule has 5 nitrogen and oxygen atoms in total. The molecule has 4 aromatic heterocycles. The molecule has 5 heteroatoms. The molecular formula is C64H45N5. The van der Waals surface area contributed by atoms with Crippen molar-refractivity contribution in [1.29, 1.82) is 0 Å². The first-order valence-corrected chi connectivity index (χ1v) is 23.7. The van der Waals surface area contributed by atoms with Crippen LogP contribution in [-0.4, -0.2) is 24.1 Å². The van der Waals surface area contributed by atoms with Gasteiger partial charge in [0.05, 0.1) is 39.1 Å². The maximum Gasteiger partial charge on any atom is 0.116 e. The normalized spacial score (nSPS) is 11.8. The molecule has 0 amide bonds. The zero-order chi connectivity index (χ0) is 46.0. The molecule has 0 fully saturated rings. The predicted octanol–water partition coefficient (Wildman–Crippen LogP) is 16.7. The van der Waals surface area contributed by atoms with E-state index >= 15 is 0 Å². The highest BCUT2D eigenvalue weighted by atomic mass is 15.0. The highest BCUT2D eigenvalue weighted by molar-refractivity contribution is 6.13. The van der Waals surface area contributed by atoms with Crippen LogP contribution in [-0.2, 0) is 0 Å². The summed E-state index contributed by atoms with van der Waals surface area (Å²) in [6.45, 7) is 4.49. The van der Waals surface area contributed by atoms with Crippen LogP contribution in [0.5, 0.6) is 0 Å². The maximum atomic E-state index is 5.57. The fourth-order valence-electron chi connectivity index (χ4n) is 10.3. The van der Waals surface area contributed by atoms with Gasteiger partial charge in [-0.1, -0.05) is 184 Å². The zero-order valence-corrected chi connectivity index (χ0v) is 38.3. The molecule has 69 heavy (non-hydrogen) atoms. The summed E-state index contributed by atoms with van der Waals surface area (Å²) in [5.74, 6) is 0.474. The zero-order valence-electron chi connectivity index (χ0n) is 38.3. The third-order valence-electron chi connectivity index (χ3n) is 13.8. The van der Waals surface area contributed by atoms with Gasteiger partial charge in [0.1, 0.15) is 11.0 Å². The summed E-state index contributed by atoms with van der Waals surface area (Å²) in [5.41, 5.74) is 19.5. The van der Waals surface area contributed by atoms with Gasteiger partial charge in [-0.15, -0.1) is 0 Å². The Morgan fingerprint density at radius 3 is 1.49 bits per heavy atom. The Bertz CT molecular complexity index is 4070. The van der Waals surface area contributed by atoms with Crippen LogP contribution >= 0.6 is 0 Å². The number of pyridine rings is 1. The van der Waals surface area contributed by atoms with E-state index in [1.54, 1.807) is 0 Å². The van der Waals surface area contributed by atoms with Crippen molar-refractivity contribution in [2.45, 2.75) is 19.8 Å². The smallest absolute Gasteiger partial charge is 0.116 e. The number of para-hydroxylation sites is 2. The van der Waals surface area contributed by atoms with Crippen LogP contribution in [0.1, 0.15) is 25.3 Å². The Balaban J connectivity index is 0.968. The van der Waals surface area contributed by atoms with E-state index in [2.05, 4.69) is 217 Å². The number of aromatic nitrogens is 5. The van der Waals surface area contributed by atoms with Gasteiger partial charge in [0.2, 0.25) is 0 Å². The van der Waals surface area contributed by atoms with Crippen LogP contribution in [0.3, 0.4) is 0 Å². The Morgan fingerprint density at radius 2 is 0.841 bits per heavy atom. The standard InChI is InChI=1S/C64H45N5/c1-41(2)42-29-33-49(34-30-42)68-56-27-14-12-25-51(56)53-35-31-47(39-59(53)68)46-32-36-58-54(38-46)52-26-13-15-28-57(52)69(58)50-24-16-23-48(37-50)55-40-65-60(43-17-6-3-7-18-43)64-63(55)66-61(44-19-8-4-9-20-44)62(67-64)45-21-10-5-11-22-45/h3-41H,1-2H3. The molecule has 4 heterocycles. The predicted molar refractivity (Wildman–Crippen MR) is 287 cm³/mol. The molecule has 326 valence electrons. The van der Waals surface area contributed by atoms with Crippen LogP contribution < -0.4 is 0 Å². The van der Waals surface area contributed by atoms with Gasteiger partial charge < -0.3 is 9.13 Å². The van der Waals surface area contributed by atoms with Crippen molar-refractivity contribution in [1.82, 2.24) is 24.1 Å². The van der Waals surface area contributed by atoms with Gasteiger partial charge in [-0.2, -0.15) is 0 Å². The number of fused-ring (bicyclic) bond motifs is 7. The van der Waals surface area contributed by atoms with Crippen molar-refractivity contribution in [3.63, 3.8) is 0 Å². The molecule has 0 aliphatic carbocycles. The van der Waals surface area contributed by atoms with E-state index in [4.69, 9.17) is 15.0 Å². The van der Waals surface area contributed by atoms with Crippen LogP contribution in [0.4, 0.5) is 0 Å². The maximum absolute atomic E-state index is 5.57. The van der Waals surface area contributed by atoms with Gasteiger partial charge in [-0.05, 0) is 82.8 Å². The molecule has 0 saturated carbocycles. The third kappa shape index (κ3) is 6.81. The minimum Gasteiger partial charge on any atom is -0.309 e. The lowest BCUT2D eigenvalue weighted by atomic mass is 9.99. The first-order chi connectivity index (χ1) is 34.1. The molecule has 0 aliphatic rings. The van der Waals surface area contributed by atoms with E-state index in [0.717, 1.165) is 72.7 Å². The molecule has 13 rings (SSSR count). The first kappa shape index (κ1) is 40.4. The molecule has 0 atom stereocenters. The molecule has 13 aromatic rings. The average Bonchev–Trinajstić information content (AvgIpc) is 3.93. The average molecular weight is 884 g/mol. The van der Waals surface area contributed by atoms with E-state index in [1.807, 2.05) is 36.5 Å². The lowest BCUT2D eigenvalue weighted by Crippen LogP contribution is -2.01. The van der Waals surface area contributed by atoms with Gasteiger partial charge in [-0.25, -0.2) is 9.97 Å². The van der Waals surface area contributed by atoms with Gasteiger partial charge in [0.25, 0.3) is 0 Å². The van der Waals surface area contributed by atoms with Crippen LogP contribution in [0.15, 0.2) is 231 Å². The van der Waals surface area contributed by atoms with Crippen molar-refractivity contribution in [3.8, 4) is 67.4 Å². The highest BCUT2D eigenvalue weighted by Gasteiger charge is 2.22. The topological polar surface area (TPSA) is 48.5 Å². The van der Waals surface area contributed by atoms with E-state index in [1.165, 1.54) is 55.0 Å². The number of benzene rings is 9. The summed E-state index contributed by atoms with van der Waals surface area (Å²) in [4.78, 5) is 16.2. The molecule has 0 unspecified atom stereocenters. The molecule has 0 N–H and O–H groups in total. The number of nitrogens with zero attached hydrogens (tertiary/aromatic N) is 5. The molecule has 0 radical (unpaired) electrons. The Hall–Kier alpha value is -8.93. The van der Waals surface area contributed by atoms with Gasteiger partial charge in [0, 0.05) is 61.4 Å². The SMILES string of the molecule is CC(C)c1ccc(-n2c3ccccc3c3ccc(-c4ccc5c(c4)c4ccccc4n5-c4cccc(-c5cnc(-c6ccccc6)c6nc(-c7ccccc7)c(-c7ccccc7)nc56)c4)cc32)cc1. The van der Waals surface area contributed by atoms with Gasteiger partial charge in [-0.3, -0.25) is 4.98 Å². The fourth-order valence-corrected chi connectivity index (χ4v) is 10.3. The van der Waals surface area contributed by atoms with Crippen LogP contribution in [0.2, 0.25) is 0 Å². The molecule has 0 bridgehead atoms. The lowest BCUT2D eigenvalue weighted by Gasteiger charge is -2.16. The molecule has 0 aliphatic heterocycles. The second kappa shape index (κ2) is 16.4. The molecule has 9 aromatic carbocycles. The van der Waals surface area contributed by atoms with Crippen molar-refractivity contribution >= 4 is 54.6 Å². The second-order valence-electron chi connectivity index (χ2n) is 18.2. The minimum absolute atomic E-state index is 0.474.